The van der Waals surface area contributed by atoms with Crippen molar-refractivity contribution in [1.29, 1.82) is 0 Å². The number of hydrogen-bond donors (Lipinski definition) is 0. The second-order valence-electron chi connectivity index (χ2n) is 5.02. The van der Waals surface area contributed by atoms with Crippen molar-refractivity contribution in [1.82, 2.24) is 4.57 Å². The molecule has 5 heteroatoms. The van der Waals surface area contributed by atoms with Gasteiger partial charge in [-0.15, -0.1) is 0 Å². The number of para-hydroxylation sites is 1. The normalized spacial score (nSPS) is 12.8. The van der Waals surface area contributed by atoms with Gasteiger partial charge in [-0.1, -0.05) is 18.2 Å². The lowest BCUT2D eigenvalue weighted by Gasteiger charge is -2.03. The Hall–Kier alpha value is -1.59. The largest absolute Gasteiger partial charge is 1.00 e. The van der Waals surface area contributed by atoms with Crippen molar-refractivity contribution in [2.24, 2.45) is 0 Å². The van der Waals surface area contributed by atoms with Gasteiger partial charge in [0.05, 0.1) is 0 Å². The molecule has 3 aromatic rings. The lowest BCUT2D eigenvalue weighted by molar-refractivity contribution is -0.723. The summed E-state index contributed by atoms with van der Waals surface area (Å²) in [6, 6.07) is 17.0. The third-order valence-electron chi connectivity index (χ3n) is 3.67. The van der Waals surface area contributed by atoms with Gasteiger partial charge in [0.2, 0.25) is 0 Å². The van der Waals surface area contributed by atoms with Crippen molar-refractivity contribution in [2.45, 2.75) is 11.7 Å². The summed E-state index contributed by atoms with van der Waals surface area (Å²) in [6.07, 6.45) is 2.16. The van der Waals surface area contributed by atoms with Crippen LogP contribution < -0.4 is 21.5 Å². The Bertz CT molecular complexity index is 784. The van der Waals surface area contributed by atoms with Crippen LogP contribution in [0, 0.1) is 5.82 Å². The molecule has 2 aromatic carbocycles. The molecule has 0 aliphatic carbocycles. The number of rotatable bonds is 2. The molecular formula is C17H14BrFN2S. The SMILES string of the molecule is Fc1ccc(-c2c[n+]3c(n2-c2ccccc2)SCC3)cc1.[Br-]. The highest BCUT2D eigenvalue weighted by molar-refractivity contribution is 7.99. The van der Waals surface area contributed by atoms with E-state index in [0.29, 0.717) is 0 Å². The molecule has 4 rings (SSSR count). The molecular weight excluding hydrogens is 363 g/mol. The number of aryl methyl sites for hydroxylation is 1. The fourth-order valence-electron chi connectivity index (χ4n) is 2.69. The molecule has 0 bridgehead atoms. The van der Waals surface area contributed by atoms with Crippen LogP contribution in [0.3, 0.4) is 0 Å². The number of benzene rings is 2. The third kappa shape index (κ3) is 2.59. The molecule has 0 saturated heterocycles. The Morgan fingerprint density at radius 3 is 2.45 bits per heavy atom. The lowest BCUT2D eigenvalue weighted by Crippen LogP contribution is -3.00. The highest BCUT2D eigenvalue weighted by Crippen LogP contribution is 2.31. The Balaban J connectivity index is 0.00000144. The number of aromatic nitrogens is 2. The molecule has 0 radical (unpaired) electrons. The van der Waals surface area contributed by atoms with Gasteiger partial charge in [0.15, 0.2) is 5.69 Å². The zero-order valence-corrected chi connectivity index (χ0v) is 14.1. The van der Waals surface area contributed by atoms with Gasteiger partial charge >= 0.3 is 5.16 Å². The van der Waals surface area contributed by atoms with Crippen molar-refractivity contribution in [3.8, 4) is 16.9 Å². The van der Waals surface area contributed by atoms with Crippen LogP contribution in [0.4, 0.5) is 4.39 Å². The first-order valence-corrected chi connectivity index (χ1v) is 7.91. The molecule has 0 atom stereocenters. The van der Waals surface area contributed by atoms with Gasteiger partial charge in [-0.3, -0.25) is 0 Å². The molecule has 0 N–H and O–H groups in total. The zero-order chi connectivity index (χ0) is 14.2. The van der Waals surface area contributed by atoms with Gasteiger partial charge in [0, 0.05) is 11.3 Å². The molecule has 112 valence electrons. The monoisotopic (exact) mass is 376 g/mol. The molecule has 0 unspecified atom stereocenters. The fourth-order valence-corrected chi connectivity index (χ4v) is 3.80. The van der Waals surface area contributed by atoms with Crippen LogP contribution >= 0.6 is 11.8 Å². The van der Waals surface area contributed by atoms with E-state index in [1.807, 2.05) is 42.1 Å². The Morgan fingerprint density at radius 2 is 1.73 bits per heavy atom. The van der Waals surface area contributed by atoms with E-state index in [0.717, 1.165) is 29.2 Å². The van der Waals surface area contributed by atoms with E-state index in [1.165, 1.54) is 17.3 Å². The van der Waals surface area contributed by atoms with Gasteiger partial charge in [-0.25, -0.2) is 8.96 Å². The van der Waals surface area contributed by atoms with Crippen LogP contribution in [0.1, 0.15) is 0 Å². The van der Waals surface area contributed by atoms with Crippen molar-refractivity contribution < 1.29 is 25.9 Å². The standard InChI is InChI=1S/C17H14FN2S.BrH/c18-14-8-6-13(7-9-14)16-12-19-10-11-21-17(19)20(16)15-4-2-1-3-5-15;/h1-9,12H,10-11H2;1H/q+1;/p-1. The topological polar surface area (TPSA) is 8.81 Å². The molecule has 22 heavy (non-hydrogen) atoms. The summed E-state index contributed by atoms with van der Waals surface area (Å²) in [5, 5.41) is 1.24. The smallest absolute Gasteiger partial charge is 0.323 e. The van der Waals surface area contributed by atoms with Crippen LogP contribution in [0.15, 0.2) is 66.0 Å². The number of thioether (sulfide) groups is 1. The molecule has 2 nitrogen and oxygen atoms in total. The van der Waals surface area contributed by atoms with Crippen molar-refractivity contribution >= 4 is 11.8 Å². The molecule has 0 fully saturated rings. The van der Waals surface area contributed by atoms with E-state index in [-0.39, 0.29) is 22.8 Å². The minimum Gasteiger partial charge on any atom is -1.00 e. The van der Waals surface area contributed by atoms with Gasteiger partial charge in [0.25, 0.3) is 0 Å². The van der Waals surface area contributed by atoms with E-state index >= 15 is 0 Å². The maximum atomic E-state index is 13.2. The molecule has 1 aromatic heterocycles. The van der Waals surface area contributed by atoms with Gasteiger partial charge in [-0.2, -0.15) is 4.57 Å². The first-order chi connectivity index (χ1) is 10.3. The zero-order valence-electron chi connectivity index (χ0n) is 11.7. The van der Waals surface area contributed by atoms with E-state index in [4.69, 9.17) is 0 Å². The molecule has 1 aliphatic heterocycles. The number of nitrogens with zero attached hydrogens (tertiary/aromatic N) is 2. The van der Waals surface area contributed by atoms with Crippen molar-refractivity contribution in [3.63, 3.8) is 0 Å². The summed E-state index contributed by atoms with van der Waals surface area (Å²) in [5.74, 6) is 0.900. The first-order valence-electron chi connectivity index (χ1n) is 6.92. The molecule has 2 heterocycles. The summed E-state index contributed by atoms with van der Waals surface area (Å²) < 4.78 is 17.7. The summed E-state index contributed by atoms with van der Waals surface area (Å²) in [5.41, 5.74) is 3.27. The first kappa shape index (κ1) is 15.3. The van der Waals surface area contributed by atoms with Crippen LogP contribution in [0.2, 0.25) is 0 Å². The minimum absolute atomic E-state index is 0. The van der Waals surface area contributed by atoms with Crippen molar-refractivity contribution in [2.75, 3.05) is 5.75 Å². The summed E-state index contributed by atoms with van der Waals surface area (Å²) in [6.45, 7) is 1.02. The fraction of sp³-hybridized carbons (Fsp3) is 0.118. The van der Waals surface area contributed by atoms with Crippen LogP contribution in [0.25, 0.3) is 16.9 Å². The Morgan fingerprint density at radius 1 is 1.00 bits per heavy atom. The average Bonchev–Trinajstić information content (AvgIpc) is 3.09. The predicted octanol–water partition coefficient (Wildman–Crippen LogP) is 0.681. The van der Waals surface area contributed by atoms with Crippen LogP contribution in [-0.4, -0.2) is 10.3 Å². The van der Waals surface area contributed by atoms with Crippen molar-refractivity contribution in [3.05, 3.63) is 66.6 Å². The molecule has 0 saturated carbocycles. The highest BCUT2D eigenvalue weighted by atomic mass is 79.9. The Labute approximate surface area is 143 Å². The molecule has 0 spiro atoms. The quantitative estimate of drug-likeness (QED) is 0.597. The number of imidazole rings is 1. The number of fused-ring (bicyclic) bond motifs is 1. The second-order valence-corrected chi connectivity index (χ2v) is 6.08. The summed E-state index contributed by atoms with van der Waals surface area (Å²) in [7, 11) is 0. The maximum absolute atomic E-state index is 13.2. The third-order valence-corrected chi connectivity index (χ3v) is 4.74. The molecule has 1 aliphatic rings. The van der Waals surface area contributed by atoms with E-state index in [1.54, 1.807) is 0 Å². The second kappa shape index (κ2) is 6.26. The number of halogens is 2. The number of hydrogen-bond acceptors (Lipinski definition) is 1. The maximum Gasteiger partial charge on any atom is 0.323 e. The van der Waals surface area contributed by atoms with Crippen LogP contribution in [0.5, 0.6) is 0 Å². The van der Waals surface area contributed by atoms with Gasteiger partial charge < -0.3 is 17.0 Å². The predicted molar refractivity (Wildman–Crippen MR) is 82.1 cm³/mol. The van der Waals surface area contributed by atoms with Gasteiger partial charge in [0.1, 0.15) is 24.2 Å². The van der Waals surface area contributed by atoms with E-state index in [2.05, 4.69) is 27.5 Å². The summed E-state index contributed by atoms with van der Waals surface area (Å²) in [4.78, 5) is 0. The molecule has 0 amide bonds. The minimum atomic E-state index is -0.203. The highest BCUT2D eigenvalue weighted by Gasteiger charge is 2.30. The lowest BCUT2D eigenvalue weighted by atomic mass is 10.1. The summed E-state index contributed by atoms with van der Waals surface area (Å²) >= 11 is 1.86. The van der Waals surface area contributed by atoms with Gasteiger partial charge in [-0.05, 0) is 48.2 Å². The van der Waals surface area contributed by atoms with Crippen LogP contribution in [-0.2, 0) is 6.54 Å². The average molecular weight is 377 g/mol. The Kier molecular flexibility index (Phi) is 4.36. The van der Waals surface area contributed by atoms with E-state index < -0.39 is 0 Å². The van der Waals surface area contributed by atoms with E-state index in [9.17, 15) is 4.39 Å².